The maximum atomic E-state index is 11.0. The van der Waals surface area contributed by atoms with Crippen molar-refractivity contribution in [3.63, 3.8) is 0 Å². The molecule has 0 aliphatic heterocycles. The topological polar surface area (TPSA) is 40.1 Å². The minimum atomic E-state index is -0.892. The fourth-order valence-electron chi connectivity index (χ4n) is 2.10. The molecule has 0 spiro atoms. The van der Waals surface area contributed by atoms with Crippen LogP contribution in [0.15, 0.2) is 0 Å². The summed E-state index contributed by atoms with van der Waals surface area (Å²) in [7, 11) is 0. The summed E-state index contributed by atoms with van der Waals surface area (Å²) in [5.74, 6) is -0.419. The first-order valence-corrected chi connectivity index (χ1v) is 4.54. The zero-order valence-electron chi connectivity index (χ0n) is 8.31. The van der Waals surface area contributed by atoms with Crippen LogP contribution in [0.25, 0.3) is 0 Å². The Bertz CT molecular complexity index is 208. The highest BCUT2D eigenvalue weighted by molar-refractivity contribution is 5.73. The van der Waals surface area contributed by atoms with Gasteiger partial charge in [0, 0.05) is 11.4 Å². The van der Waals surface area contributed by atoms with Gasteiger partial charge in [-0.05, 0) is 24.2 Å². The van der Waals surface area contributed by atoms with Crippen LogP contribution in [0, 0.1) is 16.7 Å². The van der Waals surface area contributed by atoms with E-state index in [4.69, 9.17) is 0 Å². The van der Waals surface area contributed by atoms with Crippen molar-refractivity contribution in [2.24, 2.45) is 16.7 Å². The first kappa shape index (κ1) is 9.56. The summed E-state index contributed by atoms with van der Waals surface area (Å²) in [6, 6.07) is 0. The van der Waals surface area contributed by atoms with E-state index in [0.29, 0.717) is 5.92 Å². The highest BCUT2D eigenvalue weighted by atomic mass is 16.4. The molecule has 0 aromatic heterocycles. The summed E-state index contributed by atoms with van der Waals surface area (Å²) in [5.41, 5.74) is -0.766. The number of carbonyl (C=O) groups excluding carboxylic acids is 1. The molecule has 0 aromatic carbocycles. The maximum Gasteiger partial charge on any atom is 0.0478 e. The van der Waals surface area contributed by atoms with Gasteiger partial charge >= 0.3 is 0 Å². The maximum absolute atomic E-state index is 11.0. The normalized spacial score (nSPS) is 39.8. The highest BCUT2D eigenvalue weighted by Crippen LogP contribution is 2.55. The summed E-state index contributed by atoms with van der Waals surface area (Å²) >= 11 is 0. The number of rotatable bonds is 1. The minimum absolute atomic E-state index is 0.133. The molecule has 1 aliphatic carbocycles. The summed E-state index contributed by atoms with van der Waals surface area (Å²) in [5, 5.41) is 11.0. The molecule has 0 amide bonds. The zero-order chi connectivity index (χ0) is 9.57. The third-order valence-corrected chi connectivity index (χ3v) is 4.18. The molecule has 0 unspecified atom stereocenters. The van der Waals surface area contributed by atoms with Crippen molar-refractivity contribution in [1.82, 2.24) is 0 Å². The Morgan fingerprint density at radius 1 is 1.42 bits per heavy atom. The van der Waals surface area contributed by atoms with Gasteiger partial charge in [-0.2, -0.15) is 0 Å². The fraction of sp³-hybridized carbons (Fsp3) is 0.900. The Hall–Kier alpha value is -0.530. The van der Waals surface area contributed by atoms with Crippen LogP contribution in [-0.4, -0.2) is 5.97 Å². The van der Waals surface area contributed by atoms with E-state index in [0.717, 1.165) is 12.8 Å². The molecule has 1 fully saturated rings. The lowest BCUT2D eigenvalue weighted by atomic mass is 9.66. The molecule has 0 heterocycles. The predicted molar refractivity (Wildman–Crippen MR) is 45.3 cm³/mol. The van der Waals surface area contributed by atoms with Crippen LogP contribution in [0.2, 0.25) is 0 Å². The zero-order valence-corrected chi connectivity index (χ0v) is 8.31. The Morgan fingerprint density at radius 2 is 1.92 bits per heavy atom. The minimum Gasteiger partial charge on any atom is -0.550 e. The van der Waals surface area contributed by atoms with Crippen molar-refractivity contribution >= 4 is 5.97 Å². The van der Waals surface area contributed by atoms with E-state index in [1.807, 2.05) is 20.8 Å². The van der Waals surface area contributed by atoms with Crippen LogP contribution < -0.4 is 5.11 Å². The number of hydrogen-bond donors (Lipinski definition) is 0. The van der Waals surface area contributed by atoms with Gasteiger partial charge in [0.15, 0.2) is 0 Å². The molecule has 0 radical (unpaired) electrons. The molecule has 0 aromatic rings. The van der Waals surface area contributed by atoms with E-state index in [-0.39, 0.29) is 5.41 Å². The molecule has 12 heavy (non-hydrogen) atoms. The lowest BCUT2D eigenvalue weighted by Gasteiger charge is -2.41. The number of carbonyl (C=O) groups is 1. The summed E-state index contributed by atoms with van der Waals surface area (Å²) in [6.45, 7) is 7.99. The standard InChI is InChI=1S/C10H18O2/c1-7-5-6-10(4,8(11)12)9(7,2)3/h7H,5-6H2,1-4H3,(H,11,12)/p-1/t7-,10+/m1/s1. The molecule has 0 saturated heterocycles. The third kappa shape index (κ3) is 0.970. The van der Waals surface area contributed by atoms with Crippen molar-refractivity contribution in [3.05, 3.63) is 0 Å². The van der Waals surface area contributed by atoms with Gasteiger partial charge in [-0.25, -0.2) is 0 Å². The van der Waals surface area contributed by atoms with Crippen LogP contribution in [0.4, 0.5) is 0 Å². The lowest BCUT2D eigenvalue weighted by Crippen LogP contribution is -2.47. The molecule has 2 nitrogen and oxygen atoms in total. The molecular formula is C10H17O2-. The van der Waals surface area contributed by atoms with Crippen molar-refractivity contribution in [3.8, 4) is 0 Å². The van der Waals surface area contributed by atoms with E-state index in [9.17, 15) is 9.90 Å². The number of aliphatic carboxylic acids is 1. The van der Waals surface area contributed by atoms with E-state index >= 15 is 0 Å². The van der Waals surface area contributed by atoms with Crippen molar-refractivity contribution in [1.29, 1.82) is 0 Å². The fourth-order valence-corrected chi connectivity index (χ4v) is 2.10. The van der Waals surface area contributed by atoms with Crippen LogP contribution >= 0.6 is 0 Å². The second-order valence-electron chi connectivity index (χ2n) is 4.78. The first-order chi connectivity index (χ1) is 5.32. The molecule has 0 bridgehead atoms. The monoisotopic (exact) mass is 169 g/mol. The van der Waals surface area contributed by atoms with E-state index in [1.54, 1.807) is 0 Å². The second kappa shape index (κ2) is 2.48. The quantitative estimate of drug-likeness (QED) is 0.591. The Kier molecular flexibility index (Phi) is 1.97. The smallest absolute Gasteiger partial charge is 0.0478 e. The molecule has 0 N–H and O–H groups in total. The van der Waals surface area contributed by atoms with Gasteiger partial charge in [-0.1, -0.05) is 27.7 Å². The van der Waals surface area contributed by atoms with E-state index in [1.165, 1.54) is 0 Å². The average Bonchev–Trinajstić information content (AvgIpc) is 2.15. The molecular weight excluding hydrogens is 152 g/mol. The van der Waals surface area contributed by atoms with Gasteiger partial charge in [0.2, 0.25) is 0 Å². The number of carboxylic acids is 1. The first-order valence-electron chi connectivity index (χ1n) is 4.54. The summed E-state index contributed by atoms with van der Waals surface area (Å²) < 4.78 is 0. The van der Waals surface area contributed by atoms with Crippen molar-refractivity contribution in [2.45, 2.75) is 40.5 Å². The number of carboxylic acid groups (broad SMARTS) is 1. The molecule has 2 heteroatoms. The van der Waals surface area contributed by atoms with Crippen LogP contribution in [0.1, 0.15) is 40.5 Å². The Balaban J connectivity index is 3.01. The van der Waals surface area contributed by atoms with Gasteiger partial charge in [0.1, 0.15) is 0 Å². The summed E-state index contributed by atoms with van der Waals surface area (Å²) in [6.07, 6.45) is 1.75. The van der Waals surface area contributed by atoms with Gasteiger partial charge in [0.05, 0.1) is 0 Å². The molecule has 2 atom stereocenters. The van der Waals surface area contributed by atoms with E-state index < -0.39 is 11.4 Å². The third-order valence-electron chi connectivity index (χ3n) is 4.18. The van der Waals surface area contributed by atoms with Gasteiger partial charge in [-0.15, -0.1) is 0 Å². The molecule has 1 rings (SSSR count). The van der Waals surface area contributed by atoms with Gasteiger partial charge < -0.3 is 9.90 Å². The Morgan fingerprint density at radius 3 is 2.08 bits per heavy atom. The van der Waals surface area contributed by atoms with Crippen LogP contribution in [0.3, 0.4) is 0 Å². The highest BCUT2D eigenvalue weighted by Gasteiger charge is 2.50. The summed E-state index contributed by atoms with van der Waals surface area (Å²) in [4.78, 5) is 11.0. The van der Waals surface area contributed by atoms with Crippen molar-refractivity contribution in [2.75, 3.05) is 0 Å². The lowest BCUT2D eigenvalue weighted by molar-refractivity contribution is -0.323. The van der Waals surface area contributed by atoms with Gasteiger partial charge in [0.25, 0.3) is 0 Å². The largest absolute Gasteiger partial charge is 0.550 e. The Labute approximate surface area is 74.0 Å². The molecule has 70 valence electrons. The SMILES string of the molecule is C[C@@H]1CC[C@@](C)(C(=O)[O-])C1(C)C. The van der Waals surface area contributed by atoms with E-state index in [2.05, 4.69) is 6.92 Å². The predicted octanol–water partition coefficient (Wildman–Crippen LogP) is 1.20. The van der Waals surface area contributed by atoms with Gasteiger partial charge in [-0.3, -0.25) is 0 Å². The van der Waals surface area contributed by atoms with Crippen molar-refractivity contribution < 1.29 is 9.90 Å². The molecule has 1 aliphatic rings. The average molecular weight is 169 g/mol. The van der Waals surface area contributed by atoms with Crippen LogP contribution in [-0.2, 0) is 4.79 Å². The van der Waals surface area contributed by atoms with Crippen LogP contribution in [0.5, 0.6) is 0 Å². The number of hydrogen-bond acceptors (Lipinski definition) is 2. The second-order valence-corrected chi connectivity index (χ2v) is 4.78. The molecule has 1 saturated carbocycles.